The van der Waals surface area contributed by atoms with Crippen LogP contribution in [0.25, 0.3) is 0 Å². The first-order valence-corrected chi connectivity index (χ1v) is 6.15. The lowest BCUT2D eigenvalue weighted by Gasteiger charge is -2.08. The van der Waals surface area contributed by atoms with E-state index in [1.165, 1.54) is 0 Å². The van der Waals surface area contributed by atoms with Crippen molar-refractivity contribution in [1.29, 1.82) is 0 Å². The zero-order valence-corrected chi connectivity index (χ0v) is 11.2. The van der Waals surface area contributed by atoms with E-state index in [2.05, 4.69) is 15.4 Å². The molecular weight excluding hydrogens is 263 g/mol. The number of halogens is 1. The Balaban J connectivity index is 2.20. The van der Waals surface area contributed by atoms with Crippen LogP contribution in [0.15, 0.2) is 18.5 Å². The smallest absolute Gasteiger partial charge is 0.339 e. The summed E-state index contributed by atoms with van der Waals surface area (Å²) in [4.78, 5) is 14.8. The number of nitrogens with zero attached hydrogens (tertiary/aromatic N) is 3. The number of hydrogen-bond donors (Lipinski definition) is 2. The molecule has 0 saturated heterocycles. The molecule has 0 atom stereocenters. The molecule has 0 unspecified atom stereocenters. The van der Waals surface area contributed by atoms with Gasteiger partial charge in [-0.05, 0) is 12.5 Å². The van der Waals surface area contributed by atoms with E-state index in [1.807, 2.05) is 20.2 Å². The maximum absolute atomic E-state index is 13.0. The second-order valence-corrected chi connectivity index (χ2v) is 4.34. The number of carboxylic acid groups (broad SMARTS) is 1. The number of anilines is 1. The van der Waals surface area contributed by atoms with Crippen LogP contribution in [0.3, 0.4) is 0 Å². The molecule has 0 amide bonds. The molecule has 20 heavy (non-hydrogen) atoms. The fourth-order valence-corrected chi connectivity index (χ4v) is 1.95. The van der Waals surface area contributed by atoms with Crippen molar-refractivity contribution in [3.63, 3.8) is 0 Å². The molecule has 0 fully saturated rings. The Labute approximate surface area is 115 Å². The molecule has 0 aromatic carbocycles. The average Bonchev–Trinajstić information content (AvgIpc) is 2.77. The fourth-order valence-electron chi connectivity index (χ4n) is 1.95. The minimum atomic E-state index is -1.22. The number of rotatable bonds is 5. The summed E-state index contributed by atoms with van der Waals surface area (Å²) in [5.41, 5.74) is 1.70. The molecule has 0 saturated carbocycles. The Hall–Kier alpha value is -2.44. The van der Waals surface area contributed by atoms with Gasteiger partial charge in [0.1, 0.15) is 17.2 Å². The van der Waals surface area contributed by atoms with Gasteiger partial charge in [-0.15, -0.1) is 0 Å². The van der Waals surface area contributed by atoms with Crippen LogP contribution < -0.4 is 5.32 Å². The molecule has 0 aliphatic rings. The Morgan fingerprint density at radius 3 is 2.95 bits per heavy atom. The second-order valence-electron chi connectivity index (χ2n) is 4.34. The summed E-state index contributed by atoms with van der Waals surface area (Å²) in [5, 5.41) is 16.2. The van der Waals surface area contributed by atoms with Crippen molar-refractivity contribution in [2.75, 3.05) is 5.32 Å². The van der Waals surface area contributed by atoms with E-state index >= 15 is 0 Å². The minimum absolute atomic E-state index is 0.143. The largest absolute Gasteiger partial charge is 0.478 e. The molecule has 2 aromatic rings. The summed E-state index contributed by atoms with van der Waals surface area (Å²) in [6.07, 6.45) is 3.62. The van der Waals surface area contributed by atoms with E-state index in [1.54, 1.807) is 4.68 Å². The highest BCUT2D eigenvalue weighted by molar-refractivity contribution is 5.93. The highest BCUT2D eigenvalue weighted by Crippen LogP contribution is 2.16. The van der Waals surface area contributed by atoms with Crippen LogP contribution in [-0.2, 0) is 20.0 Å². The summed E-state index contributed by atoms with van der Waals surface area (Å²) >= 11 is 0. The normalized spacial score (nSPS) is 10.6. The molecule has 0 aliphatic carbocycles. The first-order chi connectivity index (χ1) is 9.51. The highest BCUT2D eigenvalue weighted by atomic mass is 19.1. The molecule has 106 valence electrons. The lowest BCUT2D eigenvalue weighted by atomic mass is 10.2. The quantitative estimate of drug-likeness (QED) is 0.872. The van der Waals surface area contributed by atoms with Crippen LogP contribution in [0.5, 0.6) is 0 Å². The zero-order chi connectivity index (χ0) is 14.7. The van der Waals surface area contributed by atoms with Crippen LogP contribution in [0, 0.1) is 5.82 Å². The number of aryl methyl sites for hydroxylation is 2. The number of nitrogens with one attached hydrogen (secondary N) is 1. The molecular formula is C13H15FN4O2. The lowest BCUT2D eigenvalue weighted by molar-refractivity contribution is 0.0697. The Morgan fingerprint density at radius 2 is 2.30 bits per heavy atom. The van der Waals surface area contributed by atoms with Crippen LogP contribution >= 0.6 is 0 Å². The number of hydrogen-bond acceptors (Lipinski definition) is 4. The van der Waals surface area contributed by atoms with Gasteiger partial charge in [0.05, 0.1) is 11.9 Å². The van der Waals surface area contributed by atoms with Gasteiger partial charge in [0, 0.05) is 25.4 Å². The third-order valence-electron chi connectivity index (χ3n) is 2.86. The average molecular weight is 278 g/mol. The van der Waals surface area contributed by atoms with Crippen molar-refractivity contribution < 1.29 is 14.3 Å². The molecule has 0 aliphatic heterocycles. The Bertz CT molecular complexity index is 639. The predicted octanol–water partition coefficient (Wildman–Crippen LogP) is 1.83. The van der Waals surface area contributed by atoms with Crippen molar-refractivity contribution >= 4 is 11.8 Å². The summed E-state index contributed by atoms with van der Waals surface area (Å²) in [6.45, 7) is 2.38. The lowest BCUT2D eigenvalue weighted by Crippen LogP contribution is -2.09. The van der Waals surface area contributed by atoms with Crippen molar-refractivity contribution in [1.82, 2.24) is 14.8 Å². The summed E-state index contributed by atoms with van der Waals surface area (Å²) < 4.78 is 14.7. The van der Waals surface area contributed by atoms with Gasteiger partial charge in [-0.3, -0.25) is 4.68 Å². The van der Waals surface area contributed by atoms with Crippen LogP contribution in [-0.4, -0.2) is 25.8 Å². The van der Waals surface area contributed by atoms with Crippen LogP contribution in [0.4, 0.5) is 10.2 Å². The number of aromatic carboxylic acids is 1. The Morgan fingerprint density at radius 1 is 1.55 bits per heavy atom. The second kappa shape index (κ2) is 5.68. The molecule has 2 N–H and O–H groups in total. The minimum Gasteiger partial charge on any atom is -0.478 e. The van der Waals surface area contributed by atoms with Gasteiger partial charge in [0.25, 0.3) is 0 Å². The van der Waals surface area contributed by atoms with E-state index in [4.69, 9.17) is 5.11 Å². The number of aromatic nitrogens is 3. The van der Waals surface area contributed by atoms with Gasteiger partial charge in [0.15, 0.2) is 0 Å². The molecule has 0 spiro atoms. The maximum Gasteiger partial charge on any atom is 0.339 e. The van der Waals surface area contributed by atoms with Crippen LogP contribution in [0.1, 0.15) is 28.5 Å². The molecule has 6 nitrogen and oxygen atoms in total. The summed E-state index contributed by atoms with van der Waals surface area (Å²) in [5.74, 6) is -1.75. The van der Waals surface area contributed by atoms with E-state index in [9.17, 15) is 9.18 Å². The van der Waals surface area contributed by atoms with E-state index in [-0.39, 0.29) is 11.4 Å². The predicted molar refractivity (Wildman–Crippen MR) is 71.1 cm³/mol. The first-order valence-electron chi connectivity index (χ1n) is 6.15. The zero-order valence-electron chi connectivity index (χ0n) is 11.2. The van der Waals surface area contributed by atoms with Crippen molar-refractivity contribution in [2.24, 2.45) is 7.05 Å². The van der Waals surface area contributed by atoms with E-state index < -0.39 is 11.8 Å². The fraction of sp³-hybridized carbons (Fsp3) is 0.308. The third-order valence-corrected chi connectivity index (χ3v) is 2.86. The van der Waals surface area contributed by atoms with Gasteiger partial charge in [-0.1, -0.05) is 6.92 Å². The molecule has 0 radical (unpaired) electrons. The van der Waals surface area contributed by atoms with Crippen molar-refractivity contribution in [2.45, 2.75) is 19.9 Å². The first kappa shape index (κ1) is 14.0. The van der Waals surface area contributed by atoms with Gasteiger partial charge in [-0.25, -0.2) is 14.2 Å². The summed E-state index contributed by atoms with van der Waals surface area (Å²) in [6, 6.07) is 0.946. The monoisotopic (exact) mass is 278 g/mol. The van der Waals surface area contributed by atoms with Crippen molar-refractivity contribution in [3.8, 4) is 0 Å². The summed E-state index contributed by atoms with van der Waals surface area (Å²) in [7, 11) is 1.82. The van der Waals surface area contributed by atoms with Gasteiger partial charge in [-0.2, -0.15) is 5.10 Å². The SMILES string of the molecule is CCc1nn(C)cc1CNc1ncc(F)cc1C(=O)O. The molecule has 7 heteroatoms. The number of carbonyl (C=O) groups is 1. The molecule has 2 rings (SSSR count). The van der Waals surface area contributed by atoms with Crippen LogP contribution in [0.2, 0.25) is 0 Å². The molecule has 2 heterocycles. The van der Waals surface area contributed by atoms with Gasteiger partial charge >= 0.3 is 5.97 Å². The third kappa shape index (κ3) is 2.93. The number of carboxylic acids is 1. The standard InChI is InChI=1S/C13H15FN4O2/c1-3-11-8(7-18(2)17-11)5-15-12-10(13(19)20)4-9(14)6-16-12/h4,6-7H,3,5H2,1-2H3,(H,15,16)(H,19,20). The maximum atomic E-state index is 13.0. The topological polar surface area (TPSA) is 80.0 Å². The molecule has 0 bridgehead atoms. The van der Waals surface area contributed by atoms with Crippen molar-refractivity contribution in [3.05, 3.63) is 41.1 Å². The molecule has 2 aromatic heterocycles. The Kier molecular flexibility index (Phi) is 3.97. The number of pyridine rings is 1. The van der Waals surface area contributed by atoms with E-state index in [0.717, 1.165) is 29.9 Å². The van der Waals surface area contributed by atoms with E-state index in [0.29, 0.717) is 6.54 Å². The van der Waals surface area contributed by atoms with Gasteiger partial charge < -0.3 is 10.4 Å². The highest BCUT2D eigenvalue weighted by Gasteiger charge is 2.13. The van der Waals surface area contributed by atoms with Gasteiger partial charge in [0.2, 0.25) is 0 Å².